The molecule has 1 fully saturated rings. The van der Waals surface area contributed by atoms with Crippen LogP contribution in [0.1, 0.15) is 26.2 Å². The number of hydrogen-bond acceptors (Lipinski definition) is 4. The van der Waals surface area contributed by atoms with Gasteiger partial charge in [0.25, 0.3) is 0 Å². The molecule has 1 aliphatic heterocycles. The van der Waals surface area contributed by atoms with E-state index in [2.05, 4.69) is 0 Å². The third-order valence-electron chi connectivity index (χ3n) is 3.14. The lowest BCUT2D eigenvalue weighted by Gasteiger charge is -2.25. The van der Waals surface area contributed by atoms with Gasteiger partial charge in [-0.2, -0.15) is 0 Å². The van der Waals surface area contributed by atoms with Gasteiger partial charge in [-0.15, -0.1) is 23.1 Å². The van der Waals surface area contributed by atoms with E-state index in [4.69, 9.17) is 0 Å². The molecule has 2 atom stereocenters. The lowest BCUT2D eigenvalue weighted by Crippen LogP contribution is -2.38. The Bertz CT molecular complexity index is 378. The van der Waals surface area contributed by atoms with Crippen molar-refractivity contribution in [2.24, 2.45) is 0 Å². The maximum Gasteiger partial charge on any atom is 0.233 e. The molecular weight excluding hydrogens is 266 g/mol. The van der Waals surface area contributed by atoms with E-state index in [1.54, 1.807) is 30.0 Å². The summed E-state index contributed by atoms with van der Waals surface area (Å²) in [7, 11) is 0. The second-order valence-corrected chi connectivity index (χ2v) is 6.91. The van der Waals surface area contributed by atoms with Crippen molar-refractivity contribution in [3.05, 3.63) is 17.5 Å². The van der Waals surface area contributed by atoms with E-state index in [0.29, 0.717) is 12.2 Å². The number of thiophene rings is 1. The van der Waals surface area contributed by atoms with Crippen molar-refractivity contribution in [1.82, 2.24) is 4.90 Å². The summed E-state index contributed by atoms with van der Waals surface area (Å²) in [6.07, 6.45) is 2.47. The van der Waals surface area contributed by atoms with E-state index in [1.165, 1.54) is 4.21 Å². The molecule has 1 N–H and O–H groups in total. The number of amides is 1. The minimum atomic E-state index is -0.326. The number of aliphatic hydroxyl groups is 1. The number of likely N-dealkylation sites (tertiary alicyclic amines) is 1. The van der Waals surface area contributed by atoms with Crippen molar-refractivity contribution in [3.63, 3.8) is 0 Å². The van der Waals surface area contributed by atoms with Crippen molar-refractivity contribution in [1.29, 1.82) is 0 Å². The molecule has 2 unspecified atom stereocenters. The van der Waals surface area contributed by atoms with Gasteiger partial charge >= 0.3 is 0 Å². The van der Waals surface area contributed by atoms with Gasteiger partial charge in [0.05, 0.1) is 16.1 Å². The van der Waals surface area contributed by atoms with E-state index in [1.807, 2.05) is 22.4 Å². The number of aliphatic hydroxyl groups excluding tert-OH is 1. The zero-order valence-electron chi connectivity index (χ0n) is 10.5. The average Bonchev–Trinajstić information content (AvgIpc) is 2.95. The molecule has 0 aromatic carbocycles. The second-order valence-electron chi connectivity index (χ2n) is 4.69. The molecule has 5 heteroatoms. The van der Waals surface area contributed by atoms with Crippen LogP contribution >= 0.6 is 23.1 Å². The van der Waals surface area contributed by atoms with Crippen molar-refractivity contribution in [2.75, 3.05) is 12.3 Å². The van der Waals surface area contributed by atoms with E-state index in [-0.39, 0.29) is 18.1 Å². The minimum Gasteiger partial charge on any atom is -0.393 e. The Balaban J connectivity index is 1.84. The van der Waals surface area contributed by atoms with Crippen LogP contribution in [0.15, 0.2) is 21.7 Å². The summed E-state index contributed by atoms with van der Waals surface area (Å²) >= 11 is 3.28. The molecule has 0 saturated carbocycles. The maximum absolute atomic E-state index is 12.2. The monoisotopic (exact) mass is 285 g/mol. The molecule has 0 radical (unpaired) electrons. The van der Waals surface area contributed by atoms with E-state index in [9.17, 15) is 9.90 Å². The largest absolute Gasteiger partial charge is 0.393 e. The molecule has 0 spiro atoms. The highest BCUT2D eigenvalue weighted by Gasteiger charge is 2.29. The van der Waals surface area contributed by atoms with Crippen molar-refractivity contribution in [2.45, 2.75) is 42.5 Å². The van der Waals surface area contributed by atoms with E-state index < -0.39 is 0 Å². The number of rotatable bonds is 5. The number of carbonyl (C=O) groups excluding carboxylic acids is 1. The molecule has 2 heterocycles. The van der Waals surface area contributed by atoms with Gasteiger partial charge in [0.15, 0.2) is 0 Å². The highest BCUT2D eigenvalue weighted by Crippen LogP contribution is 2.26. The average molecular weight is 285 g/mol. The lowest BCUT2D eigenvalue weighted by atomic mass is 10.1. The van der Waals surface area contributed by atoms with Gasteiger partial charge in [0.2, 0.25) is 5.91 Å². The van der Waals surface area contributed by atoms with Crippen LogP contribution < -0.4 is 0 Å². The fourth-order valence-corrected chi connectivity index (χ4v) is 4.03. The van der Waals surface area contributed by atoms with Crippen LogP contribution in [0, 0.1) is 0 Å². The van der Waals surface area contributed by atoms with Gasteiger partial charge in [-0.3, -0.25) is 4.79 Å². The molecule has 3 nitrogen and oxygen atoms in total. The molecule has 1 aromatic heterocycles. The number of nitrogens with zero attached hydrogens (tertiary/aromatic N) is 1. The molecule has 0 bridgehead atoms. The van der Waals surface area contributed by atoms with Crippen LogP contribution in [0.25, 0.3) is 0 Å². The Kier molecular flexibility index (Phi) is 5.09. The summed E-state index contributed by atoms with van der Waals surface area (Å²) in [5.74, 6) is 0.716. The molecule has 100 valence electrons. The van der Waals surface area contributed by atoms with E-state index >= 15 is 0 Å². The maximum atomic E-state index is 12.2. The summed E-state index contributed by atoms with van der Waals surface area (Å²) < 4.78 is 1.19. The van der Waals surface area contributed by atoms with Gasteiger partial charge in [0, 0.05) is 12.6 Å². The lowest BCUT2D eigenvalue weighted by molar-refractivity contribution is -0.129. The highest BCUT2D eigenvalue weighted by molar-refractivity contribution is 8.01. The summed E-state index contributed by atoms with van der Waals surface area (Å²) in [4.78, 5) is 14.1. The highest BCUT2D eigenvalue weighted by atomic mass is 32.2. The first kappa shape index (κ1) is 13.9. The predicted molar refractivity (Wildman–Crippen MR) is 76.1 cm³/mol. The molecule has 1 aliphatic rings. The summed E-state index contributed by atoms with van der Waals surface area (Å²) in [5.41, 5.74) is 0. The summed E-state index contributed by atoms with van der Waals surface area (Å²) in [6, 6.07) is 4.28. The predicted octanol–water partition coefficient (Wildman–Crippen LogP) is 2.60. The molecular formula is C13H19NO2S2. The Morgan fingerprint density at radius 2 is 2.56 bits per heavy atom. The Hall–Kier alpha value is -0.520. The van der Waals surface area contributed by atoms with Gasteiger partial charge in [-0.1, -0.05) is 6.07 Å². The van der Waals surface area contributed by atoms with Gasteiger partial charge in [-0.05, 0) is 37.6 Å². The van der Waals surface area contributed by atoms with Crippen molar-refractivity contribution in [3.8, 4) is 0 Å². The van der Waals surface area contributed by atoms with Crippen LogP contribution in [0.5, 0.6) is 0 Å². The third kappa shape index (κ3) is 3.73. The Morgan fingerprint density at radius 3 is 3.22 bits per heavy atom. The number of thioether (sulfide) groups is 1. The van der Waals surface area contributed by atoms with Crippen LogP contribution in [0.4, 0.5) is 0 Å². The zero-order valence-corrected chi connectivity index (χ0v) is 12.2. The molecule has 0 aliphatic carbocycles. The second kappa shape index (κ2) is 6.59. The zero-order chi connectivity index (χ0) is 13.0. The smallest absolute Gasteiger partial charge is 0.233 e. The topological polar surface area (TPSA) is 40.5 Å². The fraction of sp³-hybridized carbons (Fsp3) is 0.615. The minimum absolute atomic E-state index is 0.205. The van der Waals surface area contributed by atoms with E-state index in [0.717, 1.165) is 19.4 Å². The van der Waals surface area contributed by atoms with Crippen LogP contribution in [-0.4, -0.2) is 40.4 Å². The SMILES string of the molecule is CC(O)CC1CCCN1C(=O)CSc1cccs1. The number of carbonyl (C=O) groups is 1. The van der Waals surface area contributed by atoms with Crippen LogP contribution in [0.2, 0.25) is 0 Å². The standard InChI is InChI=1S/C13H19NO2S2/c1-10(15)8-11-4-2-6-14(11)12(16)9-18-13-5-3-7-17-13/h3,5,7,10-11,15H,2,4,6,8-9H2,1H3. The van der Waals surface area contributed by atoms with Crippen molar-refractivity contribution >= 4 is 29.0 Å². The van der Waals surface area contributed by atoms with Crippen molar-refractivity contribution < 1.29 is 9.90 Å². The summed E-state index contributed by atoms with van der Waals surface area (Å²) in [5, 5.41) is 11.5. The Labute approximate surface area is 116 Å². The third-order valence-corrected chi connectivity index (χ3v) is 5.26. The quantitative estimate of drug-likeness (QED) is 0.845. The molecule has 1 saturated heterocycles. The normalized spacial score (nSPS) is 21.2. The Morgan fingerprint density at radius 1 is 1.72 bits per heavy atom. The fourth-order valence-electron chi connectivity index (χ4n) is 2.36. The van der Waals surface area contributed by atoms with Crippen LogP contribution in [0.3, 0.4) is 0 Å². The van der Waals surface area contributed by atoms with Gasteiger partial charge in [0.1, 0.15) is 0 Å². The van der Waals surface area contributed by atoms with Gasteiger partial charge < -0.3 is 10.0 Å². The first-order valence-corrected chi connectivity index (χ1v) is 8.17. The van der Waals surface area contributed by atoms with Crippen LogP contribution in [-0.2, 0) is 4.79 Å². The molecule has 1 amide bonds. The molecule has 2 rings (SSSR count). The molecule has 1 aromatic rings. The van der Waals surface area contributed by atoms with Gasteiger partial charge in [-0.25, -0.2) is 0 Å². The first-order chi connectivity index (χ1) is 8.66. The first-order valence-electron chi connectivity index (χ1n) is 6.30. The number of hydrogen-bond donors (Lipinski definition) is 1. The molecule has 18 heavy (non-hydrogen) atoms. The summed E-state index contributed by atoms with van der Waals surface area (Å²) in [6.45, 7) is 2.64.